The number of hydrogen-bond acceptors (Lipinski definition) is 3. The molecule has 112 valence electrons. The lowest BCUT2D eigenvalue weighted by Gasteiger charge is -2.35. The molecule has 20 heavy (non-hydrogen) atoms. The van der Waals surface area contributed by atoms with Gasteiger partial charge in [0.1, 0.15) is 5.75 Å². The summed E-state index contributed by atoms with van der Waals surface area (Å²) in [4.78, 5) is 2.55. The Morgan fingerprint density at radius 3 is 2.40 bits per heavy atom. The van der Waals surface area contributed by atoms with Gasteiger partial charge in [0.25, 0.3) is 0 Å². The van der Waals surface area contributed by atoms with Crippen LogP contribution < -0.4 is 5.32 Å². The molecule has 1 aliphatic rings. The monoisotopic (exact) mass is 404 g/mol. The third kappa shape index (κ3) is 3.97. The molecule has 0 amide bonds. The van der Waals surface area contributed by atoms with Gasteiger partial charge in [-0.05, 0) is 56.0 Å². The molecule has 0 spiro atoms. The van der Waals surface area contributed by atoms with Crippen LogP contribution in [0.5, 0.6) is 5.75 Å². The SMILES string of the molecule is CCCC[C@@H](c1cc(Br)c(O)c(Br)c1)N1CCNCC1. The predicted octanol–water partition coefficient (Wildman–Crippen LogP) is 4.05. The van der Waals surface area contributed by atoms with E-state index < -0.39 is 0 Å². The Hall–Kier alpha value is -0.100. The van der Waals surface area contributed by atoms with E-state index in [0.29, 0.717) is 6.04 Å². The minimum Gasteiger partial charge on any atom is -0.506 e. The number of benzene rings is 1. The Morgan fingerprint density at radius 2 is 1.85 bits per heavy atom. The molecule has 1 fully saturated rings. The number of rotatable bonds is 5. The lowest BCUT2D eigenvalue weighted by molar-refractivity contribution is 0.163. The molecular formula is C15H22Br2N2O. The minimum absolute atomic E-state index is 0.281. The van der Waals surface area contributed by atoms with Crippen LogP contribution in [0.2, 0.25) is 0 Å². The normalized spacial score (nSPS) is 18.1. The van der Waals surface area contributed by atoms with E-state index in [1.54, 1.807) is 0 Å². The van der Waals surface area contributed by atoms with Crippen LogP contribution in [-0.4, -0.2) is 36.2 Å². The van der Waals surface area contributed by atoms with Gasteiger partial charge in [-0.1, -0.05) is 19.8 Å². The molecule has 3 nitrogen and oxygen atoms in total. The molecule has 0 aliphatic carbocycles. The van der Waals surface area contributed by atoms with Gasteiger partial charge in [0.05, 0.1) is 8.95 Å². The van der Waals surface area contributed by atoms with Crippen LogP contribution in [0.3, 0.4) is 0 Å². The van der Waals surface area contributed by atoms with Gasteiger partial charge < -0.3 is 10.4 Å². The highest BCUT2D eigenvalue weighted by molar-refractivity contribution is 9.11. The zero-order chi connectivity index (χ0) is 14.5. The van der Waals surface area contributed by atoms with Crippen molar-refractivity contribution in [2.24, 2.45) is 0 Å². The molecule has 0 unspecified atom stereocenters. The zero-order valence-electron chi connectivity index (χ0n) is 11.8. The van der Waals surface area contributed by atoms with E-state index in [-0.39, 0.29) is 5.75 Å². The summed E-state index contributed by atoms with van der Waals surface area (Å²) in [5.41, 5.74) is 1.27. The van der Waals surface area contributed by atoms with Gasteiger partial charge in [-0.3, -0.25) is 4.90 Å². The highest BCUT2D eigenvalue weighted by Crippen LogP contribution is 2.37. The third-order valence-electron chi connectivity index (χ3n) is 3.85. The Balaban J connectivity index is 2.25. The third-order valence-corrected chi connectivity index (χ3v) is 5.06. The Labute approximate surface area is 138 Å². The molecular weight excluding hydrogens is 384 g/mol. The summed E-state index contributed by atoms with van der Waals surface area (Å²) in [5.74, 6) is 0.281. The Morgan fingerprint density at radius 1 is 1.25 bits per heavy atom. The number of phenols is 1. The van der Waals surface area contributed by atoms with Gasteiger partial charge in [-0.25, -0.2) is 0 Å². The van der Waals surface area contributed by atoms with Crippen LogP contribution in [0.15, 0.2) is 21.1 Å². The van der Waals surface area contributed by atoms with Gasteiger partial charge in [0.2, 0.25) is 0 Å². The van der Waals surface area contributed by atoms with Crippen LogP contribution in [0.1, 0.15) is 37.8 Å². The number of halogens is 2. The first-order valence-corrected chi connectivity index (χ1v) is 8.84. The fourth-order valence-corrected chi connectivity index (χ4v) is 3.95. The van der Waals surface area contributed by atoms with Crippen LogP contribution in [-0.2, 0) is 0 Å². The van der Waals surface area contributed by atoms with Gasteiger partial charge in [-0.15, -0.1) is 0 Å². The maximum Gasteiger partial charge on any atom is 0.143 e. The standard InChI is InChI=1S/C15H22Br2N2O/c1-2-3-4-14(19-7-5-18-6-8-19)11-9-12(16)15(20)13(17)10-11/h9-10,14,18,20H,2-8H2,1H3/t14-/m0/s1. The Bertz CT molecular complexity index is 424. The lowest BCUT2D eigenvalue weighted by atomic mass is 9.98. The van der Waals surface area contributed by atoms with Gasteiger partial charge in [0.15, 0.2) is 0 Å². The van der Waals surface area contributed by atoms with Gasteiger partial charge >= 0.3 is 0 Å². The second-order valence-electron chi connectivity index (χ2n) is 5.28. The van der Waals surface area contributed by atoms with Crippen molar-refractivity contribution in [3.05, 3.63) is 26.6 Å². The predicted molar refractivity (Wildman–Crippen MR) is 90.2 cm³/mol. The van der Waals surface area contributed by atoms with Crippen molar-refractivity contribution in [2.45, 2.75) is 32.2 Å². The summed E-state index contributed by atoms with van der Waals surface area (Å²) in [7, 11) is 0. The van der Waals surface area contributed by atoms with Crippen molar-refractivity contribution in [3.8, 4) is 5.75 Å². The molecule has 0 radical (unpaired) electrons. The van der Waals surface area contributed by atoms with Crippen molar-refractivity contribution in [1.29, 1.82) is 0 Å². The quantitative estimate of drug-likeness (QED) is 0.775. The molecule has 1 aliphatic heterocycles. The average molecular weight is 406 g/mol. The summed E-state index contributed by atoms with van der Waals surface area (Å²) in [6.07, 6.45) is 3.61. The van der Waals surface area contributed by atoms with Crippen molar-refractivity contribution in [3.63, 3.8) is 0 Å². The first kappa shape index (κ1) is 16.3. The number of nitrogens with one attached hydrogen (secondary N) is 1. The second-order valence-corrected chi connectivity index (χ2v) is 6.99. The van der Waals surface area contributed by atoms with Crippen molar-refractivity contribution in [1.82, 2.24) is 10.2 Å². The zero-order valence-corrected chi connectivity index (χ0v) is 15.0. The summed E-state index contributed by atoms with van der Waals surface area (Å²) in [5, 5.41) is 13.3. The largest absolute Gasteiger partial charge is 0.506 e. The van der Waals surface area contributed by atoms with Crippen LogP contribution in [0.4, 0.5) is 0 Å². The fourth-order valence-electron chi connectivity index (χ4n) is 2.73. The molecule has 0 saturated carbocycles. The lowest BCUT2D eigenvalue weighted by Crippen LogP contribution is -2.45. The number of aromatic hydroxyl groups is 1. The molecule has 2 rings (SSSR count). The highest BCUT2D eigenvalue weighted by atomic mass is 79.9. The summed E-state index contributed by atoms with van der Waals surface area (Å²) >= 11 is 6.89. The number of unbranched alkanes of at least 4 members (excludes halogenated alkanes) is 1. The van der Waals surface area contributed by atoms with Gasteiger partial charge in [0, 0.05) is 32.2 Å². The van der Waals surface area contributed by atoms with Crippen molar-refractivity contribution in [2.75, 3.05) is 26.2 Å². The first-order valence-electron chi connectivity index (χ1n) is 7.26. The van der Waals surface area contributed by atoms with E-state index in [0.717, 1.165) is 35.1 Å². The van der Waals surface area contributed by atoms with Crippen LogP contribution in [0, 0.1) is 0 Å². The van der Waals surface area contributed by atoms with E-state index in [1.807, 2.05) is 0 Å². The molecule has 2 N–H and O–H groups in total. The molecule has 1 aromatic rings. The number of nitrogens with zero attached hydrogens (tertiary/aromatic N) is 1. The Kier molecular flexibility index (Phi) is 6.33. The maximum absolute atomic E-state index is 9.88. The summed E-state index contributed by atoms with van der Waals surface area (Å²) < 4.78 is 1.53. The van der Waals surface area contributed by atoms with Crippen molar-refractivity contribution >= 4 is 31.9 Å². The van der Waals surface area contributed by atoms with Gasteiger partial charge in [-0.2, -0.15) is 0 Å². The average Bonchev–Trinajstić information content (AvgIpc) is 2.46. The smallest absolute Gasteiger partial charge is 0.143 e. The topological polar surface area (TPSA) is 35.5 Å². The molecule has 5 heteroatoms. The van der Waals surface area contributed by atoms with E-state index >= 15 is 0 Å². The summed E-state index contributed by atoms with van der Waals surface area (Å²) in [6, 6.07) is 4.55. The fraction of sp³-hybridized carbons (Fsp3) is 0.600. The molecule has 1 aromatic carbocycles. The summed E-state index contributed by atoms with van der Waals surface area (Å²) in [6.45, 7) is 6.53. The molecule has 0 bridgehead atoms. The first-order chi connectivity index (χ1) is 9.63. The molecule has 1 atom stereocenters. The van der Waals surface area contributed by atoms with Crippen molar-refractivity contribution < 1.29 is 5.11 Å². The second kappa shape index (κ2) is 7.78. The van der Waals surface area contributed by atoms with E-state index in [4.69, 9.17) is 0 Å². The number of phenolic OH excluding ortho intramolecular Hbond substituents is 1. The van der Waals surface area contributed by atoms with E-state index in [2.05, 4.69) is 61.1 Å². The van der Waals surface area contributed by atoms with E-state index in [9.17, 15) is 5.11 Å². The molecule has 0 aromatic heterocycles. The van der Waals surface area contributed by atoms with Crippen LogP contribution in [0.25, 0.3) is 0 Å². The molecule has 1 saturated heterocycles. The van der Waals surface area contributed by atoms with Crippen LogP contribution >= 0.6 is 31.9 Å². The number of piperazine rings is 1. The highest BCUT2D eigenvalue weighted by Gasteiger charge is 2.23. The molecule has 1 heterocycles. The van der Waals surface area contributed by atoms with E-state index in [1.165, 1.54) is 24.8 Å². The number of hydrogen-bond donors (Lipinski definition) is 2. The minimum atomic E-state index is 0.281. The maximum atomic E-state index is 9.88.